The van der Waals surface area contributed by atoms with E-state index >= 15 is 0 Å². The number of nitrogens with zero attached hydrogens (tertiary/aromatic N) is 2. The second-order valence-corrected chi connectivity index (χ2v) is 12.4. The molecule has 0 aromatic heterocycles. The Bertz CT molecular complexity index is 1330. The van der Waals surface area contributed by atoms with Crippen molar-refractivity contribution in [1.29, 1.82) is 0 Å². The molecule has 11 heteroatoms. The number of ether oxygens (including phenoxy) is 2. The predicted molar refractivity (Wildman–Crippen MR) is 160 cm³/mol. The topological polar surface area (TPSA) is 125 Å². The van der Waals surface area contributed by atoms with E-state index in [1.165, 1.54) is 9.80 Å². The van der Waals surface area contributed by atoms with Crippen LogP contribution in [-0.4, -0.2) is 83.3 Å². The number of carbonyl (C=O) groups excluding carboxylic acids is 4. The third kappa shape index (κ3) is 5.38. The Labute approximate surface area is 257 Å². The fourth-order valence-corrected chi connectivity index (χ4v) is 7.23. The molecular formula is C32H40ClN3O7. The van der Waals surface area contributed by atoms with Gasteiger partial charge in [0.15, 0.2) is 0 Å². The van der Waals surface area contributed by atoms with Gasteiger partial charge in [-0.1, -0.05) is 68.3 Å². The van der Waals surface area contributed by atoms with Crippen LogP contribution >= 0.6 is 11.6 Å². The first kappa shape index (κ1) is 31.2. The zero-order valence-electron chi connectivity index (χ0n) is 25.0. The third-order valence-electron chi connectivity index (χ3n) is 9.28. The number of benzene rings is 1. The number of aryl methyl sites for hydroxylation is 1. The maximum absolute atomic E-state index is 15.0. The number of allylic oxidation sites excluding steroid dienone is 1. The zero-order valence-corrected chi connectivity index (χ0v) is 25.8. The molecule has 1 aromatic rings. The molecule has 5 bridgehead atoms. The van der Waals surface area contributed by atoms with Crippen LogP contribution < -0.4 is 10.2 Å². The molecule has 4 aliphatic heterocycles. The van der Waals surface area contributed by atoms with Gasteiger partial charge in [-0.2, -0.15) is 0 Å². The van der Waals surface area contributed by atoms with Gasteiger partial charge in [0.1, 0.15) is 23.7 Å². The standard InChI is InChI=1S/C32H40ClN3O7/c1-5-18(2)22(17-37)36-28-30(40)35(27-19(3)10-9-11-21(27)33)15-8-6-7-12-24(38)34-16-20(4)42-31(41)25-23-13-14-32(28,43-23)26(25)29(36)39/h6,8-11,13-14,18,20,22-23,25-26,28,37H,5,7,12,15-17H2,1-4H3,(H,34,38)/b8-6-/t18-,20+,22-,23-,25+,26+,28-,32+/m0/s1. The van der Waals surface area contributed by atoms with Gasteiger partial charge in [-0.05, 0) is 37.8 Å². The molecule has 0 aliphatic carbocycles. The minimum Gasteiger partial charge on any atom is -0.460 e. The smallest absolute Gasteiger partial charge is 0.313 e. The number of fused-ring (bicyclic) bond motifs is 2. The molecule has 2 fully saturated rings. The summed E-state index contributed by atoms with van der Waals surface area (Å²) in [7, 11) is 0. The number of anilines is 1. The number of nitrogens with one attached hydrogen (secondary N) is 1. The second-order valence-electron chi connectivity index (χ2n) is 12.0. The highest BCUT2D eigenvalue weighted by Crippen LogP contribution is 2.56. The van der Waals surface area contributed by atoms with Crippen LogP contribution in [0.1, 0.15) is 45.6 Å². The highest BCUT2D eigenvalue weighted by Gasteiger charge is 2.74. The zero-order chi connectivity index (χ0) is 31.1. The molecule has 232 valence electrons. The Morgan fingerprint density at radius 1 is 1.19 bits per heavy atom. The average Bonchev–Trinajstić information content (AvgIpc) is 3.62. The SMILES string of the molecule is CC[C@H](C)[C@H](CO)N1C(=O)[C@H]2[C@@H]3C(=O)O[C@H](C)CNC(=O)CC/C=C\CN(c4c(C)cccc4Cl)C(=O)[C@H]1[C@@]21C=C[C@@H]3O1. The van der Waals surface area contributed by atoms with Crippen LogP contribution in [0.25, 0.3) is 0 Å². The molecule has 0 unspecified atom stereocenters. The van der Waals surface area contributed by atoms with Gasteiger partial charge in [0.2, 0.25) is 11.8 Å². The summed E-state index contributed by atoms with van der Waals surface area (Å²) in [5.41, 5.74) is -0.189. The van der Waals surface area contributed by atoms with E-state index in [0.717, 1.165) is 5.56 Å². The van der Waals surface area contributed by atoms with Gasteiger partial charge in [-0.3, -0.25) is 19.2 Å². The number of carbonyl (C=O) groups is 4. The number of aliphatic hydroxyl groups is 1. The quantitative estimate of drug-likeness (QED) is 0.386. The number of likely N-dealkylation sites (tertiary alicyclic amines) is 1. The maximum atomic E-state index is 15.0. The van der Waals surface area contributed by atoms with Crippen molar-refractivity contribution in [2.24, 2.45) is 17.8 Å². The van der Waals surface area contributed by atoms with Crippen LogP contribution in [0.15, 0.2) is 42.5 Å². The van der Waals surface area contributed by atoms with Gasteiger partial charge < -0.3 is 29.7 Å². The number of hydrogen-bond donors (Lipinski definition) is 2. The number of amides is 3. The van der Waals surface area contributed by atoms with Crippen molar-refractivity contribution in [2.45, 2.75) is 76.9 Å². The third-order valence-corrected chi connectivity index (χ3v) is 9.59. The van der Waals surface area contributed by atoms with E-state index in [0.29, 0.717) is 23.6 Å². The van der Waals surface area contributed by atoms with Crippen molar-refractivity contribution in [3.05, 3.63) is 53.1 Å². The van der Waals surface area contributed by atoms with E-state index in [1.807, 2.05) is 32.9 Å². The summed E-state index contributed by atoms with van der Waals surface area (Å²) >= 11 is 6.70. The van der Waals surface area contributed by atoms with Gasteiger partial charge in [0, 0.05) is 13.0 Å². The van der Waals surface area contributed by atoms with E-state index in [1.54, 1.807) is 37.3 Å². The maximum Gasteiger partial charge on any atom is 0.313 e. The Morgan fingerprint density at radius 3 is 2.65 bits per heavy atom. The molecular weight excluding hydrogens is 574 g/mol. The lowest BCUT2D eigenvalue weighted by molar-refractivity contribution is -0.159. The van der Waals surface area contributed by atoms with Crippen LogP contribution in [0.2, 0.25) is 5.02 Å². The number of esters is 1. The van der Waals surface area contributed by atoms with Crippen LogP contribution in [0, 0.1) is 24.7 Å². The minimum absolute atomic E-state index is 0.118. The predicted octanol–water partition coefficient (Wildman–Crippen LogP) is 2.94. The number of halogens is 1. The van der Waals surface area contributed by atoms with Gasteiger partial charge >= 0.3 is 5.97 Å². The van der Waals surface area contributed by atoms with Gasteiger partial charge in [-0.15, -0.1) is 0 Å². The van der Waals surface area contributed by atoms with Gasteiger partial charge in [-0.25, -0.2) is 0 Å². The average molecular weight is 614 g/mol. The number of rotatable bonds is 5. The summed E-state index contributed by atoms with van der Waals surface area (Å²) in [6.07, 6.45) is 7.00. The number of para-hydroxylation sites is 1. The molecule has 8 atom stereocenters. The molecule has 0 radical (unpaired) electrons. The summed E-state index contributed by atoms with van der Waals surface area (Å²) in [4.78, 5) is 58.5. The van der Waals surface area contributed by atoms with Crippen molar-refractivity contribution < 1.29 is 33.8 Å². The van der Waals surface area contributed by atoms with Crippen molar-refractivity contribution in [3.63, 3.8) is 0 Å². The Kier molecular flexibility index (Phi) is 9.02. The Morgan fingerprint density at radius 2 is 1.95 bits per heavy atom. The first-order valence-corrected chi connectivity index (χ1v) is 15.4. The molecule has 4 aliphatic rings. The molecule has 43 heavy (non-hydrogen) atoms. The molecule has 10 nitrogen and oxygen atoms in total. The fourth-order valence-electron chi connectivity index (χ4n) is 6.91. The molecule has 1 spiro atoms. The van der Waals surface area contributed by atoms with Gasteiger partial charge in [0.25, 0.3) is 5.91 Å². The summed E-state index contributed by atoms with van der Waals surface area (Å²) in [5, 5.41) is 13.7. The Hall–Kier alpha value is -3.21. The monoisotopic (exact) mass is 613 g/mol. The lowest BCUT2D eigenvalue weighted by atomic mass is 9.74. The van der Waals surface area contributed by atoms with E-state index in [4.69, 9.17) is 21.1 Å². The molecule has 2 N–H and O–H groups in total. The van der Waals surface area contributed by atoms with Crippen LogP contribution in [-0.2, 0) is 28.7 Å². The van der Waals surface area contributed by atoms with E-state index in [-0.39, 0.29) is 37.9 Å². The summed E-state index contributed by atoms with van der Waals surface area (Å²) < 4.78 is 12.2. The van der Waals surface area contributed by atoms with Crippen LogP contribution in [0.4, 0.5) is 5.69 Å². The van der Waals surface area contributed by atoms with Crippen LogP contribution in [0.3, 0.4) is 0 Å². The van der Waals surface area contributed by atoms with Crippen LogP contribution in [0.5, 0.6) is 0 Å². The minimum atomic E-state index is -1.44. The summed E-state index contributed by atoms with van der Waals surface area (Å²) in [6.45, 7) is 7.29. The van der Waals surface area contributed by atoms with Crippen molar-refractivity contribution in [3.8, 4) is 0 Å². The largest absolute Gasteiger partial charge is 0.460 e. The molecule has 0 saturated carbocycles. The lowest BCUT2D eigenvalue weighted by Gasteiger charge is -2.40. The molecule has 4 heterocycles. The van der Waals surface area contributed by atoms with Crippen molar-refractivity contribution in [2.75, 3.05) is 24.6 Å². The highest BCUT2D eigenvalue weighted by molar-refractivity contribution is 6.34. The lowest BCUT2D eigenvalue weighted by Crippen LogP contribution is -2.59. The molecule has 3 amide bonds. The Balaban J connectivity index is 1.67. The first-order chi connectivity index (χ1) is 20.5. The number of aliphatic hydroxyl groups excluding tert-OH is 1. The number of cyclic esters (lactones) is 1. The van der Waals surface area contributed by atoms with Gasteiger partial charge in [0.05, 0.1) is 41.9 Å². The van der Waals surface area contributed by atoms with Crippen molar-refractivity contribution in [1.82, 2.24) is 10.2 Å². The molecule has 5 rings (SSSR count). The fraction of sp³-hybridized carbons (Fsp3) is 0.562. The number of hydrogen-bond acceptors (Lipinski definition) is 7. The van der Waals surface area contributed by atoms with E-state index in [9.17, 15) is 24.3 Å². The van der Waals surface area contributed by atoms with E-state index < -0.39 is 59.5 Å². The van der Waals surface area contributed by atoms with Crippen molar-refractivity contribution >= 4 is 41.0 Å². The second kappa shape index (κ2) is 12.4. The van der Waals surface area contributed by atoms with E-state index in [2.05, 4.69) is 5.32 Å². The molecule has 2 saturated heterocycles. The normalized spacial score (nSPS) is 33.3. The highest BCUT2D eigenvalue weighted by atomic mass is 35.5. The first-order valence-electron chi connectivity index (χ1n) is 15.0. The summed E-state index contributed by atoms with van der Waals surface area (Å²) in [6, 6.07) is 3.49. The summed E-state index contributed by atoms with van der Waals surface area (Å²) in [5.74, 6) is -3.85. The molecule has 1 aromatic carbocycles.